The van der Waals surface area contributed by atoms with Crippen LogP contribution in [0.4, 0.5) is 0 Å². The molecule has 3 nitrogen and oxygen atoms in total. The summed E-state index contributed by atoms with van der Waals surface area (Å²) in [5, 5.41) is 0.827. The van der Waals surface area contributed by atoms with Gasteiger partial charge in [0.05, 0.1) is 17.2 Å². The number of amides is 1. The minimum atomic E-state index is -0.651. The highest BCUT2D eigenvalue weighted by molar-refractivity contribution is 6.42. The van der Waals surface area contributed by atoms with E-state index >= 15 is 0 Å². The molecule has 0 saturated heterocycles. The van der Waals surface area contributed by atoms with Crippen LogP contribution in [0.3, 0.4) is 0 Å². The van der Waals surface area contributed by atoms with Gasteiger partial charge in [0, 0.05) is 5.57 Å². The van der Waals surface area contributed by atoms with Crippen molar-refractivity contribution in [2.45, 2.75) is 0 Å². The second kappa shape index (κ2) is 6.66. The Bertz CT molecular complexity index is 697. The van der Waals surface area contributed by atoms with Crippen LogP contribution in [-0.4, -0.2) is 13.0 Å². The van der Waals surface area contributed by atoms with E-state index in [9.17, 15) is 4.79 Å². The molecule has 1 amide bonds. The maximum Gasteiger partial charge on any atom is 0.284 e. The first-order chi connectivity index (χ1) is 10.0. The van der Waals surface area contributed by atoms with Gasteiger partial charge in [0.15, 0.2) is 5.76 Å². The van der Waals surface area contributed by atoms with Gasteiger partial charge in [0.25, 0.3) is 5.91 Å². The Morgan fingerprint density at radius 3 is 2.19 bits per heavy atom. The van der Waals surface area contributed by atoms with Crippen LogP contribution in [0.1, 0.15) is 11.1 Å². The molecule has 0 radical (unpaired) electrons. The Kier molecular flexibility index (Phi) is 4.89. The highest BCUT2D eigenvalue weighted by Gasteiger charge is 2.17. The Labute approximate surface area is 132 Å². The van der Waals surface area contributed by atoms with Crippen LogP contribution in [0.2, 0.25) is 10.0 Å². The Balaban J connectivity index is 2.72. The molecule has 0 aliphatic heterocycles. The van der Waals surface area contributed by atoms with Gasteiger partial charge in [-0.1, -0.05) is 59.6 Å². The van der Waals surface area contributed by atoms with Crippen molar-refractivity contribution in [3.63, 3.8) is 0 Å². The Morgan fingerprint density at radius 2 is 1.67 bits per heavy atom. The van der Waals surface area contributed by atoms with Gasteiger partial charge in [-0.05, 0) is 23.3 Å². The largest absolute Gasteiger partial charge is 0.491 e. The minimum absolute atomic E-state index is 0.0691. The number of nitrogens with two attached hydrogens (primary N) is 1. The van der Waals surface area contributed by atoms with Crippen molar-refractivity contribution in [3.05, 3.63) is 75.5 Å². The molecule has 0 aliphatic carbocycles. The molecule has 0 heterocycles. The molecule has 21 heavy (non-hydrogen) atoms. The summed E-state index contributed by atoms with van der Waals surface area (Å²) in [6.07, 6.45) is 0. The van der Waals surface area contributed by atoms with E-state index < -0.39 is 5.91 Å². The van der Waals surface area contributed by atoms with Crippen LogP contribution in [0.5, 0.6) is 0 Å². The van der Waals surface area contributed by atoms with E-state index in [0.717, 1.165) is 5.56 Å². The fourth-order valence-electron chi connectivity index (χ4n) is 2.01. The first-order valence-corrected chi connectivity index (χ1v) is 6.89. The van der Waals surface area contributed by atoms with Crippen molar-refractivity contribution in [1.29, 1.82) is 0 Å². The minimum Gasteiger partial charge on any atom is -0.491 e. The summed E-state index contributed by atoms with van der Waals surface area (Å²) in [5.41, 5.74) is 7.48. The third-order valence-corrected chi connectivity index (χ3v) is 3.66. The number of halogens is 2. The number of rotatable bonds is 4. The second-order valence-corrected chi connectivity index (χ2v) is 5.08. The average molecular weight is 322 g/mol. The third kappa shape index (κ3) is 3.38. The number of ether oxygens (including phenoxy) is 1. The lowest BCUT2D eigenvalue weighted by molar-refractivity contribution is -0.117. The summed E-state index contributed by atoms with van der Waals surface area (Å²) in [6.45, 7) is 0. The molecule has 2 aromatic rings. The summed E-state index contributed by atoms with van der Waals surface area (Å²) in [6, 6.07) is 14.4. The summed E-state index contributed by atoms with van der Waals surface area (Å²) in [7, 11) is 1.40. The van der Waals surface area contributed by atoms with E-state index in [0.29, 0.717) is 21.2 Å². The Morgan fingerprint density at radius 1 is 1.00 bits per heavy atom. The lowest BCUT2D eigenvalue weighted by Gasteiger charge is -2.13. The first kappa shape index (κ1) is 15.4. The molecular weight excluding hydrogens is 309 g/mol. The van der Waals surface area contributed by atoms with Crippen LogP contribution < -0.4 is 5.73 Å². The van der Waals surface area contributed by atoms with E-state index in [-0.39, 0.29) is 5.76 Å². The molecule has 0 spiro atoms. The highest BCUT2D eigenvalue weighted by Crippen LogP contribution is 2.31. The van der Waals surface area contributed by atoms with E-state index in [1.807, 2.05) is 30.3 Å². The summed E-state index contributed by atoms with van der Waals surface area (Å²) >= 11 is 12.0. The molecule has 0 atom stereocenters. The van der Waals surface area contributed by atoms with Gasteiger partial charge in [-0.2, -0.15) is 0 Å². The van der Waals surface area contributed by atoms with E-state index in [4.69, 9.17) is 33.7 Å². The molecular formula is C16H13Cl2NO2. The van der Waals surface area contributed by atoms with Gasteiger partial charge in [0.2, 0.25) is 0 Å². The fourth-order valence-corrected chi connectivity index (χ4v) is 2.31. The van der Waals surface area contributed by atoms with Crippen LogP contribution in [0.15, 0.2) is 54.3 Å². The Hall–Kier alpha value is -1.97. The monoisotopic (exact) mass is 321 g/mol. The second-order valence-electron chi connectivity index (χ2n) is 4.27. The average Bonchev–Trinajstić information content (AvgIpc) is 2.48. The smallest absolute Gasteiger partial charge is 0.284 e. The highest BCUT2D eigenvalue weighted by atomic mass is 35.5. The zero-order valence-corrected chi connectivity index (χ0v) is 12.8. The SMILES string of the molecule is CO/C(C(N)=O)=C(\c1ccccc1)c1ccc(Cl)c(Cl)c1. The predicted octanol–water partition coefficient (Wildman–Crippen LogP) is 3.88. The number of methoxy groups -OCH3 is 1. The molecule has 108 valence electrons. The topological polar surface area (TPSA) is 52.3 Å². The molecule has 2 rings (SSSR count). The number of primary amides is 1. The molecule has 0 unspecified atom stereocenters. The number of hydrogen-bond donors (Lipinski definition) is 1. The molecule has 0 fully saturated rings. The lowest BCUT2D eigenvalue weighted by atomic mass is 9.96. The summed E-state index contributed by atoms with van der Waals surface area (Å²) in [4.78, 5) is 11.7. The molecule has 0 saturated carbocycles. The summed E-state index contributed by atoms with van der Waals surface area (Å²) in [5.74, 6) is -0.581. The van der Waals surface area contributed by atoms with Gasteiger partial charge >= 0.3 is 0 Å². The van der Waals surface area contributed by atoms with Crippen LogP contribution in [-0.2, 0) is 9.53 Å². The van der Waals surface area contributed by atoms with Crippen LogP contribution >= 0.6 is 23.2 Å². The van der Waals surface area contributed by atoms with Crippen molar-refractivity contribution < 1.29 is 9.53 Å². The van der Waals surface area contributed by atoms with Crippen LogP contribution in [0.25, 0.3) is 5.57 Å². The van der Waals surface area contributed by atoms with Gasteiger partial charge in [0.1, 0.15) is 0 Å². The quantitative estimate of drug-likeness (QED) is 0.686. The summed E-state index contributed by atoms with van der Waals surface area (Å²) < 4.78 is 5.18. The molecule has 2 aromatic carbocycles. The van der Waals surface area contributed by atoms with Crippen molar-refractivity contribution in [2.75, 3.05) is 7.11 Å². The normalized spacial score (nSPS) is 11.8. The zero-order valence-electron chi connectivity index (χ0n) is 11.3. The lowest BCUT2D eigenvalue weighted by Crippen LogP contribution is -2.17. The third-order valence-electron chi connectivity index (χ3n) is 2.93. The molecule has 5 heteroatoms. The fraction of sp³-hybridized carbons (Fsp3) is 0.0625. The number of hydrogen-bond acceptors (Lipinski definition) is 2. The number of carbonyl (C=O) groups excluding carboxylic acids is 1. The number of carbonyl (C=O) groups is 1. The zero-order chi connectivity index (χ0) is 15.4. The maximum atomic E-state index is 11.7. The molecule has 0 bridgehead atoms. The van der Waals surface area contributed by atoms with Crippen molar-refractivity contribution >= 4 is 34.7 Å². The molecule has 2 N–H and O–H groups in total. The number of benzene rings is 2. The van der Waals surface area contributed by atoms with Crippen LogP contribution in [0, 0.1) is 0 Å². The predicted molar refractivity (Wildman–Crippen MR) is 85.1 cm³/mol. The first-order valence-electron chi connectivity index (χ1n) is 6.13. The maximum absolute atomic E-state index is 11.7. The molecule has 0 aliphatic rings. The van der Waals surface area contributed by atoms with E-state index in [1.165, 1.54) is 7.11 Å². The van der Waals surface area contributed by atoms with E-state index in [2.05, 4.69) is 0 Å². The van der Waals surface area contributed by atoms with Gasteiger partial charge in [-0.3, -0.25) is 4.79 Å². The van der Waals surface area contributed by atoms with Gasteiger partial charge < -0.3 is 10.5 Å². The molecule has 0 aromatic heterocycles. The van der Waals surface area contributed by atoms with E-state index in [1.54, 1.807) is 18.2 Å². The van der Waals surface area contributed by atoms with Crippen molar-refractivity contribution in [2.24, 2.45) is 5.73 Å². The standard InChI is InChI=1S/C16H13Cl2NO2/c1-21-15(16(19)20)14(10-5-3-2-4-6-10)11-7-8-12(17)13(18)9-11/h2-9H,1H3,(H2,19,20)/b15-14+. The van der Waals surface area contributed by atoms with Crippen molar-refractivity contribution in [1.82, 2.24) is 0 Å². The van der Waals surface area contributed by atoms with Gasteiger partial charge in [-0.15, -0.1) is 0 Å². The van der Waals surface area contributed by atoms with Gasteiger partial charge in [-0.25, -0.2) is 0 Å². The van der Waals surface area contributed by atoms with Crippen molar-refractivity contribution in [3.8, 4) is 0 Å².